The van der Waals surface area contributed by atoms with Gasteiger partial charge in [-0.2, -0.15) is 5.10 Å². The number of nitrogens with zero attached hydrogens (tertiary/aromatic N) is 6. The van der Waals surface area contributed by atoms with Crippen molar-refractivity contribution in [2.45, 2.75) is 20.4 Å². The molecule has 0 bridgehead atoms. The zero-order valence-corrected chi connectivity index (χ0v) is 27.0. The number of fused-ring (bicyclic) bond motifs is 1. The van der Waals surface area contributed by atoms with Gasteiger partial charge in [-0.25, -0.2) is 27.6 Å². The van der Waals surface area contributed by atoms with Crippen LogP contribution >= 0.6 is 0 Å². The molecule has 0 atom stereocenters. The number of nitrogens with one attached hydrogen (secondary N) is 1. The summed E-state index contributed by atoms with van der Waals surface area (Å²) in [6, 6.07) is 11.7. The lowest BCUT2D eigenvalue weighted by Gasteiger charge is -2.13. The largest absolute Gasteiger partial charge is 0.466 e. The molecule has 14 nitrogen and oxygen atoms in total. The number of carbonyl (C=O) groups excluding carboxylic acids is 2. The minimum atomic E-state index is -0.980. The van der Waals surface area contributed by atoms with E-state index in [0.29, 0.717) is 33.7 Å². The summed E-state index contributed by atoms with van der Waals surface area (Å²) in [5, 5.41) is 16.1. The smallest absolute Gasteiger partial charge is 0.335 e. The molecule has 16 heteroatoms. The predicted octanol–water partition coefficient (Wildman–Crippen LogP) is 3.93. The summed E-state index contributed by atoms with van der Waals surface area (Å²) in [5.41, 5.74) is -0.314. The van der Waals surface area contributed by atoms with Gasteiger partial charge < -0.3 is 24.5 Å². The lowest BCUT2D eigenvalue weighted by molar-refractivity contribution is -0.140. The van der Waals surface area contributed by atoms with Crippen LogP contribution in [0, 0.1) is 11.6 Å². The Morgan fingerprint density at radius 1 is 0.980 bits per heavy atom. The van der Waals surface area contributed by atoms with Crippen LogP contribution in [0.3, 0.4) is 0 Å². The Morgan fingerprint density at radius 2 is 1.74 bits per heavy atom. The first-order valence-electron chi connectivity index (χ1n) is 15.1. The van der Waals surface area contributed by atoms with Crippen molar-refractivity contribution in [2.75, 3.05) is 18.5 Å². The molecule has 0 aliphatic rings. The van der Waals surface area contributed by atoms with E-state index in [1.165, 1.54) is 31.2 Å². The fraction of sp³-hybridized carbons (Fsp3) is 0.176. The number of aryl methyl sites for hydroxylation is 1. The van der Waals surface area contributed by atoms with Crippen LogP contribution in [-0.4, -0.2) is 58.5 Å². The number of aromatic nitrogens is 6. The summed E-state index contributed by atoms with van der Waals surface area (Å²) < 4.78 is 44.1. The highest BCUT2D eigenvalue weighted by molar-refractivity contribution is 6.03. The number of halogens is 2. The second-order valence-corrected chi connectivity index (χ2v) is 10.7. The minimum absolute atomic E-state index is 0.00391. The molecular formula is C34H31F2N7O7. The van der Waals surface area contributed by atoms with Crippen LogP contribution in [-0.2, 0) is 23.1 Å². The molecule has 50 heavy (non-hydrogen) atoms. The summed E-state index contributed by atoms with van der Waals surface area (Å²) >= 11 is 0. The van der Waals surface area contributed by atoms with Crippen LogP contribution < -0.4 is 21.3 Å². The lowest BCUT2D eigenvalue weighted by atomic mass is 10.2. The van der Waals surface area contributed by atoms with Gasteiger partial charge in [0, 0.05) is 49.9 Å². The number of anilines is 1. The van der Waals surface area contributed by atoms with Crippen molar-refractivity contribution < 1.29 is 33.0 Å². The van der Waals surface area contributed by atoms with Crippen LogP contribution in [0.15, 0.2) is 95.3 Å². The molecule has 0 saturated carbocycles. The minimum Gasteiger partial charge on any atom is -0.466 e. The number of ether oxygens (including phenoxy) is 2. The highest BCUT2D eigenvalue weighted by atomic mass is 19.1. The van der Waals surface area contributed by atoms with Crippen molar-refractivity contribution >= 4 is 23.1 Å². The number of carbonyl (C=O) groups is 2. The van der Waals surface area contributed by atoms with E-state index in [1.807, 2.05) is 13.2 Å². The maximum Gasteiger partial charge on any atom is 0.335 e. The molecule has 6 aromatic rings. The molecule has 0 aliphatic carbocycles. The summed E-state index contributed by atoms with van der Waals surface area (Å²) in [5.74, 6) is -2.37. The average Bonchev–Trinajstić information content (AvgIpc) is 3.74. The van der Waals surface area contributed by atoms with Crippen LogP contribution in [0.25, 0.3) is 22.5 Å². The lowest BCUT2D eigenvalue weighted by Crippen LogP contribution is -2.42. The number of hydrogen-bond acceptors (Lipinski definition) is 9. The number of benzene rings is 2. The average molecular weight is 688 g/mol. The molecular weight excluding hydrogens is 656 g/mol. The second kappa shape index (κ2) is 15.2. The Kier molecular flexibility index (Phi) is 10.6. The first-order valence-corrected chi connectivity index (χ1v) is 15.1. The number of imidazole rings is 1. The van der Waals surface area contributed by atoms with E-state index in [2.05, 4.69) is 20.1 Å². The molecule has 0 unspecified atom stereocenters. The van der Waals surface area contributed by atoms with Crippen LogP contribution in [0.2, 0.25) is 0 Å². The molecule has 0 saturated heterocycles. The van der Waals surface area contributed by atoms with Crippen molar-refractivity contribution in [2.24, 2.45) is 7.05 Å². The second-order valence-electron chi connectivity index (χ2n) is 10.7. The molecule has 0 fully saturated rings. The Balaban J connectivity index is 0.000000745. The number of esters is 1. The van der Waals surface area contributed by atoms with E-state index in [1.54, 1.807) is 46.9 Å². The first-order chi connectivity index (χ1) is 24.0. The SMILES string of the molecule is CCOC(C)=O.Cn1cnc(-c2cc(Oc3ccc(NC(=O)c4cn(CCO)c(=O)n(-c5ccc(F)cc5)c4=O)cc3F)c3ccnn3c2)c1. The molecule has 0 aliphatic heterocycles. The Bertz CT molecular complexity index is 2290. The van der Waals surface area contributed by atoms with Gasteiger partial charge in [-0.1, -0.05) is 0 Å². The first kappa shape index (κ1) is 34.9. The fourth-order valence-corrected chi connectivity index (χ4v) is 4.81. The molecule has 2 N–H and O–H groups in total. The molecule has 4 aromatic heterocycles. The number of rotatable bonds is 9. The van der Waals surface area contributed by atoms with Crippen molar-refractivity contribution in [1.29, 1.82) is 0 Å². The van der Waals surface area contributed by atoms with Crippen molar-refractivity contribution in [3.05, 3.63) is 124 Å². The van der Waals surface area contributed by atoms with Crippen LogP contribution in [0.1, 0.15) is 24.2 Å². The van der Waals surface area contributed by atoms with Gasteiger partial charge >= 0.3 is 11.7 Å². The molecule has 1 amide bonds. The molecule has 0 radical (unpaired) electrons. The van der Waals surface area contributed by atoms with Gasteiger partial charge in [0.05, 0.1) is 43.7 Å². The Hall–Kier alpha value is -6.42. The number of amides is 1. The van der Waals surface area contributed by atoms with Crippen LogP contribution in [0.4, 0.5) is 14.5 Å². The van der Waals surface area contributed by atoms with Crippen molar-refractivity contribution in [3.63, 3.8) is 0 Å². The number of aliphatic hydroxyl groups excluding tert-OH is 1. The normalized spacial score (nSPS) is 10.8. The van der Waals surface area contributed by atoms with E-state index in [-0.39, 0.29) is 29.6 Å². The van der Waals surface area contributed by atoms with E-state index in [4.69, 9.17) is 4.74 Å². The summed E-state index contributed by atoms with van der Waals surface area (Å²) in [6.07, 6.45) is 7.82. The van der Waals surface area contributed by atoms with Crippen molar-refractivity contribution in [1.82, 2.24) is 28.3 Å². The van der Waals surface area contributed by atoms with Gasteiger partial charge in [-0.3, -0.25) is 19.0 Å². The van der Waals surface area contributed by atoms with E-state index in [0.717, 1.165) is 29.0 Å². The molecule has 258 valence electrons. The monoisotopic (exact) mass is 687 g/mol. The summed E-state index contributed by atoms with van der Waals surface area (Å²) in [4.78, 5) is 53.5. The maximum atomic E-state index is 15.3. The molecule has 4 heterocycles. The van der Waals surface area contributed by atoms with Gasteiger partial charge in [0.25, 0.3) is 11.5 Å². The van der Waals surface area contributed by atoms with Crippen molar-refractivity contribution in [3.8, 4) is 28.4 Å². The third kappa shape index (κ3) is 7.82. The van der Waals surface area contributed by atoms with E-state index >= 15 is 4.39 Å². The van der Waals surface area contributed by atoms with E-state index < -0.39 is 41.0 Å². The zero-order valence-electron chi connectivity index (χ0n) is 27.0. The fourth-order valence-electron chi connectivity index (χ4n) is 4.81. The van der Waals surface area contributed by atoms with Gasteiger partial charge in [0.1, 0.15) is 16.9 Å². The number of aliphatic hydroxyl groups is 1. The topological polar surface area (TPSA) is 164 Å². The third-order valence-electron chi connectivity index (χ3n) is 7.05. The van der Waals surface area contributed by atoms with Gasteiger partial charge in [0.15, 0.2) is 17.3 Å². The van der Waals surface area contributed by atoms with E-state index in [9.17, 15) is 28.7 Å². The molecule has 0 spiro atoms. The quantitative estimate of drug-likeness (QED) is 0.214. The maximum absolute atomic E-state index is 15.3. The van der Waals surface area contributed by atoms with Gasteiger partial charge in [0.2, 0.25) is 0 Å². The molecule has 6 rings (SSSR count). The van der Waals surface area contributed by atoms with Gasteiger partial charge in [-0.05, 0) is 55.5 Å². The Labute approximate surface area is 282 Å². The number of hydrogen-bond donors (Lipinski definition) is 2. The highest BCUT2D eigenvalue weighted by Crippen LogP contribution is 2.33. The zero-order chi connectivity index (χ0) is 35.9. The summed E-state index contributed by atoms with van der Waals surface area (Å²) in [7, 11) is 1.84. The summed E-state index contributed by atoms with van der Waals surface area (Å²) in [6.45, 7) is 2.99. The Morgan fingerprint density at radius 3 is 2.36 bits per heavy atom. The van der Waals surface area contributed by atoms with Gasteiger partial charge in [-0.15, -0.1) is 0 Å². The third-order valence-corrected chi connectivity index (χ3v) is 7.05. The predicted molar refractivity (Wildman–Crippen MR) is 177 cm³/mol. The standard InChI is InChI=1S/C30H23F2N7O5.C4H8O2/c1-36-16-24(33-17-36)18-12-27(25-8-9-34-38(25)14-18)44-26-7-4-20(13-23(26)32)35-28(41)22-15-37(10-11-40)30(43)39(29(22)42)21-5-2-19(31)3-6-21;1-3-6-4(2)5/h2-9,12-17,40H,10-11H2,1H3,(H,35,41);3H2,1-2H3. The highest BCUT2D eigenvalue weighted by Gasteiger charge is 2.20. The molecule has 2 aromatic carbocycles. The number of pyridine rings is 1. The van der Waals surface area contributed by atoms with Crippen LogP contribution in [0.5, 0.6) is 11.5 Å².